The summed E-state index contributed by atoms with van der Waals surface area (Å²) in [5, 5.41) is 0. The molecule has 0 fully saturated rings. The molecule has 1 N–H and O–H groups in total. The molecule has 6 heteroatoms. The van der Waals surface area contributed by atoms with Crippen molar-refractivity contribution in [3.8, 4) is 0 Å². The van der Waals surface area contributed by atoms with Gasteiger partial charge in [-0.1, -0.05) is 6.92 Å². The highest BCUT2D eigenvalue weighted by Crippen LogP contribution is 2.22. The first-order valence-electron chi connectivity index (χ1n) is 8.24. The summed E-state index contributed by atoms with van der Waals surface area (Å²) in [6, 6.07) is 0. The van der Waals surface area contributed by atoms with Crippen LogP contribution in [0.2, 0.25) is 0 Å². The Balaban J connectivity index is 3.15. The summed E-state index contributed by atoms with van der Waals surface area (Å²) < 4.78 is 5.00. The zero-order chi connectivity index (χ0) is 18.7. The Morgan fingerprint density at radius 2 is 1.71 bits per heavy atom. The molecular formula is C18H28N2O4. The number of carbonyl (C=O) groups is 3. The Kier molecular flexibility index (Phi) is 6.35. The van der Waals surface area contributed by atoms with Crippen molar-refractivity contribution in [1.29, 1.82) is 0 Å². The fourth-order valence-corrected chi connectivity index (χ4v) is 2.69. The van der Waals surface area contributed by atoms with Gasteiger partial charge in [0.25, 0.3) is 0 Å². The van der Waals surface area contributed by atoms with Gasteiger partial charge in [0.2, 0.25) is 5.91 Å². The maximum absolute atomic E-state index is 12.8. The average molecular weight is 336 g/mol. The van der Waals surface area contributed by atoms with Crippen LogP contribution in [0.25, 0.3) is 0 Å². The number of carbonyl (C=O) groups excluding carboxylic acids is 3. The molecule has 1 rings (SSSR count). The van der Waals surface area contributed by atoms with E-state index in [0.29, 0.717) is 28.9 Å². The van der Waals surface area contributed by atoms with Crippen LogP contribution in [0.4, 0.5) is 0 Å². The van der Waals surface area contributed by atoms with Crippen LogP contribution in [0.3, 0.4) is 0 Å². The van der Waals surface area contributed by atoms with Crippen molar-refractivity contribution in [3.63, 3.8) is 0 Å². The number of aromatic amines is 1. The molecule has 1 heterocycles. The summed E-state index contributed by atoms with van der Waals surface area (Å²) in [6.45, 7) is 12.9. The van der Waals surface area contributed by atoms with Crippen molar-refractivity contribution in [2.75, 3.05) is 13.2 Å². The largest absolute Gasteiger partial charge is 0.461 e. The van der Waals surface area contributed by atoms with Gasteiger partial charge in [0.15, 0.2) is 5.78 Å². The quantitative estimate of drug-likeness (QED) is 0.640. The maximum Gasteiger partial charge on any atom is 0.355 e. The first-order chi connectivity index (χ1) is 11.0. The number of aryl methyl sites for hydroxylation is 1. The van der Waals surface area contributed by atoms with Gasteiger partial charge in [-0.05, 0) is 47.1 Å². The highest BCUT2D eigenvalue weighted by atomic mass is 16.5. The van der Waals surface area contributed by atoms with Crippen LogP contribution in [0.1, 0.15) is 73.1 Å². The SMILES string of the molecule is CCOC(=O)c1[nH]c(C)c(C(=O)CN(C(=O)CC)C(C)(C)C)c1C. The van der Waals surface area contributed by atoms with E-state index >= 15 is 0 Å². The highest BCUT2D eigenvalue weighted by molar-refractivity contribution is 6.04. The molecule has 1 aromatic heterocycles. The lowest BCUT2D eigenvalue weighted by Gasteiger charge is -2.35. The number of nitrogens with one attached hydrogen (secondary N) is 1. The van der Waals surface area contributed by atoms with Crippen LogP contribution in [-0.4, -0.2) is 46.2 Å². The smallest absolute Gasteiger partial charge is 0.355 e. The van der Waals surface area contributed by atoms with E-state index in [9.17, 15) is 14.4 Å². The lowest BCUT2D eigenvalue weighted by molar-refractivity contribution is -0.134. The van der Waals surface area contributed by atoms with E-state index in [2.05, 4.69) is 4.98 Å². The van der Waals surface area contributed by atoms with E-state index in [1.54, 1.807) is 32.6 Å². The molecule has 0 aliphatic rings. The Labute approximate surface area is 143 Å². The van der Waals surface area contributed by atoms with E-state index in [0.717, 1.165) is 0 Å². The Morgan fingerprint density at radius 1 is 1.12 bits per heavy atom. The molecule has 0 radical (unpaired) electrons. The standard InChI is InChI=1S/C18H28N2O4/c1-8-14(22)20(18(5,6)7)10-13(21)15-11(3)16(19-12(15)4)17(23)24-9-2/h19H,8-10H2,1-7H3. The van der Waals surface area contributed by atoms with Crippen molar-refractivity contribution >= 4 is 17.7 Å². The average Bonchev–Trinajstić information content (AvgIpc) is 2.78. The molecule has 134 valence electrons. The van der Waals surface area contributed by atoms with Gasteiger partial charge >= 0.3 is 5.97 Å². The molecule has 1 aromatic rings. The lowest BCUT2D eigenvalue weighted by atomic mass is 10.0. The minimum atomic E-state index is -0.477. The van der Waals surface area contributed by atoms with Gasteiger partial charge in [0, 0.05) is 23.2 Å². The summed E-state index contributed by atoms with van der Waals surface area (Å²) in [6.07, 6.45) is 0.337. The first kappa shape index (κ1) is 19.9. The van der Waals surface area contributed by atoms with Crippen LogP contribution >= 0.6 is 0 Å². The third kappa shape index (κ3) is 4.24. The summed E-state index contributed by atoms with van der Waals surface area (Å²) in [4.78, 5) is 41.4. The number of Topliss-reactive ketones (excluding diaryl/α,β-unsaturated/α-hetero) is 1. The third-order valence-electron chi connectivity index (χ3n) is 3.91. The van der Waals surface area contributed by atoms with E-state index in [-0.39, 0.29) is 24.8 Å². The molecule has 0 saturated heterocycles. The second kappa shape index (κ2) is 7.64. The maximum atomic E-state index is 12.8. The number of H-pyrrole nitrogens is 1. The predicted molar refractivity (Wildman–Crippen MR) is 92.3 cm³/mol. The van der Waals surface area contributed by atoms with Gasteiger partial charge in [-0.15, -0.1) is 0 Å². The van der Waals surface area contributed by atoms with Crippen molar-refractivity contribution in [1.82, 2.24) is 9.88 Å². The number of hydrogen-bond donors (Lipinski definition) is 1. The molecule has 0 aromatic carbocycles. The number of ether oxygens (including phenoxy) is 1. The van der Waals surface area contributed by atoms with Crippen LogP contribution in [-0.2, 0) is 9.53 Å². The zero-order valence-electron chi connectivity index (χ0n) is 15.7. The number of aromatic nitrogens is 1. The van der Waals surface area contributed by atoms with E-state index in [1.807, 2.05) is 20.8 Å². The Hall–Kier alpha value is -2.11. The van der Waals surface area contributed by atoms with Gasteiger partial charge in [-0.2, -0.15) is 0 Å². The topological polar surface area (TPSA) is 79.5 Å². The molecule has 0 spiro atoms. The van der Waals surface area contributed by atoms with Gasteiger partial charge in [-0.25, -0.2) is 4.79 Å². The molecule has 0 saturated carbocycles. The van der Waals surface area contributed by atoms with Crippen molar-refractivity contribution in [2.24, 2.45) is 0 Å². The van der Waals surface area contributed by atoms with Crippen LogP contribution < -0.4 is 0 Å². The monoisotopic (exact) mass is 336 g/mol. The molecule has 0 aliphatic carbocycles. The molecule has 0 bridgehead atoms. The predicted octanol–water partition coefficient (Wildman–Crippen LogP) is 3.03. The molecular weight excluding hydrogens is 308 g/mol. The summed E-state index contributed by atoms with van der Waals surface area (Å²) in [5.41, 5.74) is 1.47. The van der Waals surface area contributed by atoms with E-state index < -0.39 is 11.5 Å². The second-order valence-corrected chi connectivity index (χ2v) is 6.77. The first-order valence-corrected chi connectivity index (χ1v) is 8.24. The van der Waals surface area contributed by atoms with Gasteiger partial charge in [0.1, 0.15) is 5.69 Å². The third-order valence-corrected chi connectivity index (χ3v) is 3.91. The number of hydrogen-bond acceptors (Lipinski definition) is 4. The zero-order valence-corrected chi connectivity index (χ0v) is 15.7. The van der Waals surface area contributed by atoms with Gasteiger partial charge in [0.05, 0.1) is 13.2 Å². The molecule has 0 atom stereocenters. The Bertz CT molecular complexity index is 638. The fraction of sp³-hybridized carbons (Fsp3) is 0.611. The molecule has 6 nitrogen and oxygen atoms in total. The van der Waals surface area contributed by atoms with Crippen molar-refractivity contribution in [2.45, 2.75) is 60.4 Å². The fourth-order valence-electron chi connectivity index (χ4n) is 2.69. The summed E-state index contributed by atoms with van der Waals surface area (Å²) >= 11 is 0. The molecule has 0 aliphatic heterocycles. The molecule has 1 amide bonds. The number of esters is 1. The molecule has 0 unspecified atom stereocenters. The second-order valence-electron chi connectivity index (χ2n) is 6.77. The van der Waals surface area contributed by atoms with Crippen LogP contribution in [0, 0.1) is 13.8 Å². The van der Waals surface area contributed by atoms with E-state index in [1.165, 1.54) is 0 Å². The van der Waals surface area contributed by atoms with Gasteiger partial charge in [-0.3, -0.25) is 9.59 Å². The minimum Gasteiger partial charge on any atom is -0.461 e. The van der Waals surface area contributed by atoms with Crippen LogP contribution in [0.5, 0.6) is 0 Å². The van der Waals surface area contributed by atoms with Gasteiger partial charge < -0.3 is 14.6 Å². The Morgan fingerprint density at radius 3 is 2.17 bits per heavy atom. The normalized spacial score (nSPS) is 11.3. The highest BCUT2D eigenvalue weighted by Gasteiger charge is 2.30. The molecule has 24 heavy (non-hydrogen) atoms. The summed E-state index contributed by atoms with van der Waals surface area (Å²) in [7, 11) is 0. The number of nitrogens with zero attached hydrogens (tertiary/aromatic N) is 1. The van der Waals surface area contributed by atoms with E-state index in [4.69, 9.17) is 4.74 Å². The van der Waals surface area contributed by atoms with Crippen molar-refractivity contribution in [3.05, 3.63) is 22.5 Å². The summed E-state index contributed by atoms with van der Waals surface area (Å²) in [5.74, 6) is -0.740. The number of amides is 1. The lowest BCUT2D eigenvalue weighted by Crippen LogP contribution is -2.48. The van der Waals surface area contributed by atoms with Crippen LogP contribution in [0.15, 0.2) is 0 Å². The number of ketones is 1. The number of rotatable bonds is 6. The minimum absolute atomic E-state index is 0.0159. The van der Waals surface area contributed by atoms with Crippen molar-refractivity contribution < 1.29 is 19.1 Å².